The third-order valence-corrected chi connectivity index (χ3v) is 10.8. The molecule has 0 radical (unpaired) electrons. The molecule has 0 bridgehead atoms. The van der Waals surface area contributed by atoms with Crippen LogP contribution in [0.15, 0.2) is 0 Å². The molecule has 392 valence electrons. The summed E-state index contributed by atoms with van der Waals surface area (Å²) in [7, 11) is 0. The van der Waals surface area contributed by atoms with Gasteiger partial charge in [0.1, 0.15) is 48.3 Å². The molecule has 0 saturated carbocycles. The molecular weight excluding hydrogens is 917 g/mol. The Bertz CT molecular complexity index is 1770. The summed E-state index contributed by atoms with van der Waals surface area (Å²) < 4.78 is 0. The van der Waals surface area contributed by atoms with Crippen LogP contribution in [0.4, 0.5) is 0 Å². The normalized spacial score (nSPS) is 17.2. The molecule has 28 nitrogen and oxygen atoms in total. The van der Waals surface area contributed by atoms with Crippen molar-refractivity contribution in [3.05, 3.63) is 0 Å². The van der Waals surface area contributed by atoms with Gasteiger partial charge < -0.3 is 90.6 Å². The molecule has 1 heterocycles. The maximum absolute atomic E-state index is 13.8. The van der Waals surface area contributed by atoms with Crippen LogP contribution in [0, 0.1) is 5.92 Å². The molecule has 0 aromatic rings. The van der Waals surface area contributed by atoms with Gasteiger partial charge >= 0.3 is 11.9 Å². The van der Waals surface area contributed by atoms with Crippen molar-refractivity contribution in [3.8, 4) is 0 Å². The van der Waals surface area contributed by atoms with E-state index in [1.165, 1.54) is 0 Å². The van der Waals surface area contributed by atoms with Gasteiger partial charge in [0.2, 0.25) is 53.2 Å². The highest BCUT2D eigenvalue weighted by Gasteiger charge is 2.37. The van der Waals surface area contributed by atoms with Crippen LogP contribution in [-0.4, -0.2) is 184 Å². The monoisotopic (exact) mass is 989 g/mol. The first-order chi connectivity index (χ1) is 32.5. The average Bonchev–Trinajstić information content (AvgIpc) is 3.83. The lowest BCUT2D eigenvalue weighted by Crippen LogP contribution is -2.63. The van der Waals surface area contributed by atoms with E-state index in [2.05, 4.69) is 47.9 Å². The average molecular weight is 989 g/mol. The second kappa shape index (κ2) is 31.9. The molecule has 9 amide bonds. The number of hydrogen-bond donors (Lipinski definition) is 17. The van der Waals surface area contributed by atoms with Gasteiger partial charge in [-0.3, -0.25) is 47.9 Å². The number of carbonyl (C=O) groups excluding carboxylic acids is 9. The van der Waals surface area contributed by atoms with E-state index < -0.39 is 164 Å². The number of carbonyl (C=O) groups is 11. The molecule has 20 N–H and O–H groups in total. The van der Waals surface area contributed by atoms with Gasteiger partial charge in [0.15, 0.2) is 0 Å². The fraction of sp³-hybridized carbons (Fsp3) is 0.732. The Morgan fingerprint density at radius 1 is 0.565 bits per heavy atom. The lowest BCUT2D eigenvalue weighted by Gasteiger charge is -2.28. The fourth-order valence-corrected chi connectivity index (χ4v) is 6.82. The summed E-state index contributed by atoms with van der Waals surface area (Å²) in [5, 5.41) is 70.2. The Balaban J connectivity index is 3.35. The Morgan fingerprint density at radius 2 is 1.00 bits per heavy atom. The number of primary amides is 1. The number of amides is 9. The smallest absolute Gasteiger partial charge is 0.328 e. The highest BCUT2D eigenvalue weighted by molar-refractivity contribution is 5.99. The van der Waals surface area contributed by atoms with Crippen molar-refractivity contribution >= 4 is 65.1 Å². The van der Waals surface area contributed by atoms with Gasteiger partial charge in [-0.1, -0.05) is 13.8 Å². The molecule has 1 saturated heterocycles. The molecule has 1 fully saturated rings. The van der Waals surface area contributed by atoms with Crippen molar-refractivity contribution in [3.63, 3.8) is 0 Å². The van der Waals surface area contributed by atoms with Gasteiger partial charge in [0, 0.05) is 6.42 Å². The minimum atomic E-state index is -1.95. The predicted octanol–water partition coefficient (Wildman–Crippen LogP) is -7.28. The summed E-state index contributed by atoms with van der Waals surface area (Å²) in [5.41, 5.74) is 16.5. The number of carboxylic acid groups (broad SMARTS) is 2. The van der Waals surface area contributed by atoms with E-state index in [-0.39, 0.29) is 38.8 Å². The third kappa shape index (κ3) is 22.3. The maximum Gasteiger partial charge on any atom is 0.328 e. The van der Waals surface area contributed by atoms with Gasteiger partial charge in [0.25, 0.3) is 0 Å². The van der Waals surface area contributed by atoms with Crippen molar-refractivity contribution in [2.24, 2.45) is 23.1 Å². The Labute approximate surface area is 398 Å². The number of nitrogens with one attached hydrogen (secondary N) is 9. The Hall–Kier alpha value is -6.07. The predicted molar refractivity (Wildman–Crippen MR) is 241 cm³/mol. The molecule has 0 spiro atoms. The van der Waals surface area contributed by atoms with Crippen molar-refractivity contribution in [1.29, 1.82) is 0 Å². The summed E-state index contributed by atoms with van der Waals surface area (Å²) >= 11 is 0. The van der Waals surface area contributed by atoms with Crippen molar-refractivity contribution in [1.82, 2.24) is 47.9 Å². The number of aliphatic hydroxyl groups excluding tert-OH is 3. The molecule has 1 rings (SSSR count). The molecule has 0 aromatic carbocycles. The summed E-state index contributed by atoms with van der Waals surface area (Å²) in [6, 6.07) is -13.7. The van der Waals surface area contributed by atoms with Gasteiger partial charge in [0.05, 0.1) is 31.8 Å². The molecule has 0 aromatic heterocycles. The second-order valence-electron chi connectivity index (χ2n) is 16.8. The number of aliphatic carboxylic acids is 2. The van der Waals surface area contributed by atoms with Crippen LogP contribution in [0.5, 0.6) is 0 Å². The van der Waals surface area contributed by atoms with E-state index in [0.29, 0.717) is 25.8 Å². The maximum atomic E-state index is 13.8. The summed E-state index contributed by atoms with van der Waals surface area (Å²) in [6.07, 6.45) is -1.65. The van der Waals surface area contributed by atoms with E-state index in [0.717, 1.165) is 13.3 Å². The molecule has 1 aliphatic heterocycles. The van der Waals surface area contributed by atoms with E-state index in [1.54, 1.807) is 13.8 Å². The molecule has 0 aliphatic carbocycles. The number of hydrogen-bond acceptors (Lipinski definition) is 17. The first kappa shape index (κ1) is 60.9. The minimum absolute atomic E-state index is 0.0450. The molecule has 10 atom stereocenters. The zero-order valence-electron chi connectivity index (χ0n) is 39.1. The molecular formula is C41H72N12O16. The zero-order valence-corrected chi connectivity index (χ0v) is 39.1. The van der Waals surface area contributed by atoms with Crippen molar-refractivity contribution < 1.29 is 78.3 Å². The Kier molecular flexibility index (Phi) is 28.2. The topological polar surface area (TPSA) is 475 Å². The van der Waals surface area contributed by atoms with E-state index >= 15 is 0 Å². The lowest BCUT2D eigenvalue weighted by molar-refractivity contribution is -0.143. The highest BCUT2D eigenvalue weighted by Crippen LogP contribution is 2.11. The van der Waals surface area contributed by atoms with Gasteiger partial charge in [-0.25, -0.2) is 4.79 Å². The van der Waals surface area contributed by atoms with Crippen molar-refractivity contribution in [2.45, 2.75) is 152 Å². The van der Waals surface area contributed by atoms with Crippen LogP contribution in [-0.2, 0) is 52.7 Å². The van der Waals surface area contributed by atoms with Crippen LogP contribution >= 0.6 is 0 Å². The molecule has 0 unspecified atom stereocenters. The van der Waals surface area contributed by atoms with Crippen molar-refractivity contribution in [2.75, 3.05) is 32.8 Å². The zero-order chi connectivity index (χ0) is 52.4. The van der Waals surface area contributed by atoms with Crippen LogP contribution < -0.4 is 65.1 Å². The highest BCUT2D eigenvalue weighted by atomic mass is 16.4. The second-order valence-corrected chi connectivity index (χ2v) is 16.8. The number of carboxylic acids is 2. The summed E-state index contributed by atoms with van der Waals surface area (Å²) in [5.74, 6) is -12.8. The minimum Gasteiger partial charge on any atom is -0.481 e. The molecule has 28 heteroatoms. The lowest BCUT2D eigenvalue weighted by atomic mass is 10.0. The van der Waals surface area contributed by atoms with E-state index in [9.17, 15) is 78.3 Å². The third-order valence-electron chi connectivity index (χ3n) is 10.8. The SMILES string of the molecule is CC(C)[C@H](NC(=O)[C@@H]1CCCN1)C(=O)N[C@@H](CO)C(=O)N[C@H](C(=O)N[C@@H](CC(N)=O)C(=O)N[C@@H](CCC(=O)O)C(=O)N[C@@H](CCCCN)C(=O)N[C@@H](CCCCN)C(=O)N[C@@H](CO)C(=O)O)[C@@H](C)O. The van der Waals surface area contributed by atoms with E-state index in [4.69, 9.17) is 17.2 Å². The summed E-state index contributed by atoms with van der Waals surface area (Å²) in [4.78, 5) is 143. The number of unbranched alkanes of at least 4 members (excludes halogenated alkanes) is 2. The van der Waals surface area contributed by atoms with Crippen LogP contribution in [0.1, 0.15) is 91.4 Å². The first-order valence-corrected chi connectivity index (χ1v) is 22.7. The van der Waals surface area contributed by atoms with Crippen LogP contribution in [0.3, 0.4) is 0 Å². The van der Waals surface area contributed by atoms with Crippen LogP contribution in [0.2, 0.25) is 0 Å². The summed E-state index contributed by atoms with van der Waals surface area (Å²) in [6.45, 7) is 3.33. The first-order valence-electron chi connectivity index (χ1n) is 22.7. The van der Waals surface area contributed by atoms with Gasteiger partial charge in [-0.05, 0) is 90.3 Å². The number of rotatable bonds is 34. The van der Waals surface area contributed by atoms with Gasteiger partial charge in [-0.15, -0.1) is 0 Å². The fourth-order valence-electron chi connectivity index (χ4n) is 6.82. The molecule has 1 aliphatic rings. The quantitative estimate of drug-likeness (QED) is 0.0266. The van der Waals surface area contributed by atoms with Crippen LogP contribution in [0.25, 0.3) is 0 Å². The van der Waals surface area contributed by atoms with E-state index in [1.807, 2.05) is 0 Å². The number of nitrogens with two attached hydrogens (primary N) is 3. The van der Waals surface area contributed by atoms with Gasteiger partial charge in [-0.2, -0.15) is 0 Å². The largest absolute Gasteiger partial charge is 0.481 e. The molecule has 69 heavy (non-hydrogen) atoms. The number of aliphatic hydroxyl groups is 3. The Morgan fingerprint density at radius 3 is 1.41 bits per heavy atom. The standard InChI is InChI=1S/C41H72N12O16/c1-20(2)31(52-33(60)22-11-8-16-45-22)39(66)50-27(18-54)38(65)53-32(21(3)56)40(67)49-26(17-29(44)57)37(64)48-25(12-13-30(58)59)36(63)47-23(9-4-6-14-42)34(61)46-24(10-5-7-15-43)35(62)51-28(19-55)41(68)69/h20-28,31-32,45,54-56H,4-19,42-43H2,1-3H3,(H2,44,57)(H,46,61)(H,47,63)(H,48,64)(H,49,67)(H,50,66)(H,51,62)(H,52,60)(H,53,65)(H,58,59)(H,68,69)/t21-,22+,23+,24+,25+,26+,27+,28+,31+,32+/m1/s1.